The summed E-state index contributed by atoms with van der Waals surface area (Å²) in [5, 5.41) is -0.875. The van der Waals surface area contributed by atoms with Crippen LogP contribution in [0.1, 0.15) is 0 Å². The summed E-state index contributed by atoms with van der Waals surface area (Å²) in [4.78, 5) is -3.11. The van der Waals surface area contributed by atoms with E-state index in [2.05, 4.69) is 12.2 Å². The minimum Gasteiger partial charge on any atom is -0.119 e. The summed E-state index contributed by atoms with van der Waals surface area (Å²) in [6.45, 7) is 0. The van der Waals surface area contributed by atoms with Gasteiger partial charge in [0.15, 0.2) is 0 Å². The highest BCUT2D eigenvalue weighted by molar-refractivity contribution is 6.55. The molecule has 8 bridgehead atoms. The molecule has 0 spiro atoms. The highest BCUT2D eigenvalue weighted by Gasteiger charge is 3.03. The molecule has 6 rings (SSSR count). The second kappa shape index (κ2) is 2.73. The highest BCUT2D eigenvalue weighted by atomic mass is 35.5. The molecule has 0 aromatic carbocycles. The van der Waals surface area contributed by atoms with E-state index in [1.807, 2.05) is 0 Å². The molecule has 0 amide bonds. The summed E-state index contributed by atoms with van der Waals surface area (Å²) in [7, 11) is 0. The van der Waals surface area contributed by atoms with E-state index in [1.165, 1.54) is 0 Å². The smallest absolute Gasteiger partial charge is 0.107 e. The van der Waals surface area contributed by atoms with E-state index in [0.717, 1.165) is 0 Å². The number of rotatable bonds is 0. The predicted octanol–water partition coefficient (Wildman–Crippen LogP) is 4.20. The van der Waals surface area contributed by atoms with Crippen molar-refractivity contribution in [1.29, 1.82) is 0 Å². The van der Waals surface area contributed by atoms with Crippen LogP contribution < -0.4 is 0 Å². The zero-order valence-electron chi connectivity index (χ0n) is 8.89. The van der Waals surface area contributed by atoms with Crippen molar-refractivity contribution < 1.29 is 0 Å². The molecule has 6 heteroatoms. The fourth-order valence-corrected chi connectivity index (χ4v) is 10.3. The van der Waals surface area contributed by atoms with Crippen LogP contribution in [0.4, 0.5) is 0 Å². The third kappa shape index (κ3) is 0.650. The van der Waals surface area contributed by atoms with Crippen LogP contribution >= 0.6 is 69.6 Å². The van der Waals surface area contributed by atoms with Gasteiger partial charge >= 0.3 is 0 Å². The zero-order chi connectivity index (χ0) is 12.9. The Morgan fingerprint density at radius 2 is 1.06 bits per heavy atom. The van der Waals surface area contributed by atoms with Crippen molar-refractivity contribution in [1.82, 2.24) is 0 Å². The second-order valence-corrected chi connectivity index (χ2v) is 9.64. The Morgan fingerprint density at radius 1 is 0.667 bits per heavy atom. The van der Waals surface area contributed by atoms with Gasteiger partial charge in [-0.1, -0.05) is 12.2 Å². The first kappa shape index (κ1) is 12.1. The zero-order valence-corrected chi connectivity index (χ0v) is 13.4. The van der Waals surface area contributed by atoms with Crippen molar-refractivity contribution in [2.24, 2.45) is 23.7 Å². The SMILES string of the molecule is ClC1C(Cl)C2(Cl)C3C4C=CC5C3C1(Cl)C2(Cl)C54Cl. The molecule has 0 nitrogen and oxygen atoms in total. The lowest BCUT2D eigenvalue weighted by Crippen LogP contribution is -2.56. The van der Waals surface area contributed by atoms with Crippen LogP contribution in [0.5, 0.6) is 0 Å². The van der Waals surface area contributed by atoms with E-state index in [9.17, 15) is 0 Å². The molecule has 0 heterocycles. The molecule has 6 aliphatic rings. The standard InChI is InChI=1S/C12H8Cl6/c13-7-8(14)11(17)6-4-2-1-3-5(6)10(7,16)12(11,18)9(3,4)15/h1-8H. The number of halogens is 6. The van der Waals surface area contributed by atoms with Crippen molar-refractivity contribution in [3.63, 3.8) is 0 Å². The molecule has 0 radical (unpaired) electrons. The molecule has 98 valence electrons. The number of hydrogen-bond acceptors (Lipinski definition) is 0. The topological polar surface area (TPSA) is 0 Å². The van der Waals surface area contributed by atoms with Crippen LogP contribution in [0, 0.1) is 23.7 Å². The molecule has 0 aromatic rings. The van der Waals surface area contributed by atoms with Crippen LogP contribution in [0.3, 0.4) is 0 Å². The Morgan fingerprint density at radius 3 is 1.44 bits per heavy atom. The minimum atomic E-state index is -0.926. The Balaban J connectivity index is 1.92. The first-order valence-electron chi connectivity index (χ1n) is 6.01. The van der Waals surface area contributed by atoms with Crippen molar-refractivity contribution in [2.45, 2.75) is 30.3 Å². The Bertz CT molecular complexity index is 493. The van der Waals surface area contributed by atoms with Gasteiger partial charge in [0.1, 0.15) is 4.87 Å². The summed E-state index contributed by atoms with van der Waals surface area (Å²) < 4.78 is 0. The Kier molecular flexibility index (Phi) is 1.83. The number of allylic oxidation sites excluding steroid dienone is 2. The van der Waals surface area contributed by atoms with E-state index >= 15 is 0 Å². The first-order valence-corrected chi connectivity index (χ1v) is 8.39. The maximum atomic E-state index is 6.99. The number of alkyl halides is 6. The molecule has 8 unspecified atom stereocenters. The highest BCUT2D eigenvalue weighted by Crippen LogP contribution is 2.93. The van der Waals surface area contributed by atoms with Crippen molar-refractivity contribution in [3.8, 4) is 0 Å². The van der Waals surface area contributed by atoms with Crippen LogP contribution in [-0.4, -0.2) is 30.3 Å². The molecule has 0 saturated heterocycles. The third-order valence-corrected chi connectivity index (χ3v) is 11.4. The Hall–Kier alpha value is 1.48. The first-order chi connectivity index (χ1) is 8.29. The lowest BCUT2D eigenvalue weighted by molar-refractivity contribution is 0.238. The van der Waals surface area contributed by atoms with Gasteiger partial charge in [-0.25, -0.2) is 0 Å². The van der Waals surface area contributed by atoms with Crippen LogP contribution in [-0.2, 0) is 0 Å². The van der Waals surface area contributed by atoms with E-state index in [1.54, 1.807) is 0 Å². The summed E-state index contributed by atoms with van der Waals surface area (Å²) in [5.41, 5.74) is 0. The van der Waals surface area contributed by atoms with Crippen molar-refractivity contribution >= 4 is 69.6 Å². The van der Waals surface area contributed by atoms with Gasteiger partial charge in [-0.05, 0) is 11.8 Å². The maximum absolute atomic E-state index is 6.99. The molecule has 0 aliphatic heterocycles. The molecular formula is C12H8Cl6. The summed E-state index contributed by atoms with van der Waals surface area (Å²) in [6, 6.07) is 0. The second-order valence-electron chi connectivity index (χ2n) is 6.25. The average Bonchev–Trinajstić information content (AvgIpc) is 2.97. The molecule has 5 saturated carbocycles. The molecule has 0 N–H and O–H groups in total. The third-order valence-electron chi connectivity index (χ3n) is 6.27. The van der Waals surface area contributed by atoms with Gasteiger partial charge in [0.05, 0.1) is 25.4 Å². The van der Waals surface area contributed by atoms with Gasteiger partial charge in [-0.2, -0.15) is 0 Å². The summed E-state index contributed by atoms with van der Waals surface area (Å²) in [6.07, 6.45) is 4.30. The van der Waals surface area contributed by atoms with Crippen LogP contribution in [0.2, 0.25) is 0 Å². The van der Waals surface area contributed by atoms with Gasteiger partial charge < -0.3 is 0 Å². The van der Waals surface area contributed by atoms with E-state index in [0.29, 0.717) is 0 Å². The predicted molar refractivity (Wildman–Crippen MR) is 76.7 cm³/mol. The van der Waals surface area contributed by atoms with Crippen molar-refractivity contribution in [3.05, 3.63) is 12.2 Å². The van der Waals surface area contributed by atoms with Gasteiger partial charge in [0, 0.05) is 11.8 Å². The fourth-order valence-electron chi connectivity index (χ4n) is 5.97. The van der Waals surface area contributed by atoms with Crippen LogP contribution in [0.25, 0.3) is 0 Å². The summed E-state index contributed by atoms with van der Waals surface area (Å²) >= 11 is 40.7. The van der Waals surface area contributed by atoms with Gasteiger partial charge in [-0.3, -0.25) is 0 Å². The largest absolute Gasteiger partial charge is 0.119 e. The lowest BCUT2D eigenvalue weighted by atomic mass is 9.72. The van der Waals surface area contributed by atoms with E-state index < -0.39 is 30.3 Å². The monoisotopic (exact) mass is 362 g/mol. The van der Waals surface area contributed by atoms with E-state index in [-0.39, 0.29) is 23.7 Å². The van der Waals surface area contributed by atoms with E-state index in [4.69, 9.17) is 69.6 Å². The van der Waals surface area contributed by atoms with Gasteiger partial charge in [0.2, 0.25) is 0 Å². The minimum absolute atomic E-state index is 0.152. The van der Waals surface area contributed by atoms with Gasteiger partial charge in [0.25, 0.3) is 0 Å². The molecule has 5 fully saturated rings. The number of hydrogen-bond donors (Lipinski definition) is 0. The average molecular weight is 365 g/mol. The molecular weight excluding hydrogens is 357 g/mol. The quantitative estimate of drug-likeness (QED) is 0.446. The lowest BCUT2D eigenvalue weighted by Gasteiger charge is -2.43. The summed E-state index contributed by atoms with van der Waals surface area (Å²) in [5.74, 6) is 0.668. The van der Waals surface area contributed by atoms with Crippen molar-refractivity contribution in [2.75, 3.05) is 0 Å². The normalized spacial score (nSPS) is 81.4. The van der Waals surface area contributed by atoms with Crippen LogP contribution in [0.15, 0.2) is 12.2 Å². The Labute approximate surface area is 135 Å². The molecule has 6 aliphatic carbocycles. The molecule has 0 aromatic heterocycles. The molecule has 18 heavy (non-hydrogen) atoms. The maximum Gasteiger partial charge on any atom is 0.107 e. The van der Waals surface area contributed by atoms with Gasteiger partial charge in [-0.15, -0.1) is 69.6 Å². The fraction of sp³-hybridized carbons (Fsp3) is 0.833. The molecule has 8 atom stereocenters.